The molecule has 0 amide bonds. The molecule has 106 valence electrons. The molecular weight excluding hydrogens is 300 g/mol. The number of nitrogens with one attached hydrogen (secondary N) is 1. The van der Waals surface area contributed by atoms with Gasteiger partial charge in [-0.15, -0.1) is 11.3 Å². The van der Waals surface area contributed by atoms with E-state index >= 15 is 0 Å². The number of benzene rings is 1. The molecule has 6 nitrogen and oxygen atoms in total. The fraction of sp³-hybridized carbons (Fsp3) is 0.167. The van der Waals surface area contributed by atoms with Crippen molar-refractivity contribution >= 4 is 27.3 Å². The standard InChI is InChI=1S/C12H12N2O4S2/c15-12(16)9-1-3-11(4-2-9)20(17,18)14-6-5-10-7-13-8-19-10/h1-4,7-8,14H,5-6H2,(H,15,16). The third-order valence-corrected chi connectivity index (χ3v) is 4.87. The van der Waals surface area contributed by atoms with Crippen molar-refractivity contribution in [1.82, 2.24) is 9.71 Å². The van der Waals surface area contributed by atoms with Crippen LogP contribution in [0.3, 0.4) is 0 Å². The number of nitrogens with zero attached hydrogens (tertiary/aromatic N) is 1. The molecule has 0 saturated heterocycles. The number of aromatic carboxylic acids is 1. The molecule has 0 aliphatic heterocycles. The van der Waals surface area contributed by atoms with Gasteiger partial charge in [-0.2, -0.15) is 0 Å². The Balaban J connectivity index is 2.00. The lowest BCUT2D eigenvalue weighted by Gasteiger charge is -2.06. The fourth-order valence-corrected chi connectivity index (χ4v) is 3.16. The third-order valence-electron chi connectivity index (χ3n) is 2.56. The number of carboxylic acids is 1. The van der Waals surface area contributed by atoms with Crippen LogP contribution in [-0.4, -0.2) is 31.0 Å². The number of hydrogen-bond acceptors (Lipinski definition) is 5. The van der Waals surface area contributed by atoms with Crippen LogP contribution in [-0.2, 0) is 16.4 Å². The van der Waals surface area contributed by atoms with Gasteiger partial charge in [0.15, 0.2) is 0 Å². The van der Waals surface area contributed by atoms with Gasteiger partial charge in [-0.25, -0.2) is 17.9 Å². The Hall–Kier alpha value is -1.77. The highest BCUT2D eigenvalue weighted by Gasteiger charge is 2.14. The molecule has 0 fully saturated rings. The summed E-state index contributed by atoms with van der Waals surface area (Å²) in [7, 11) is -3.61. The number of carbonyl (C=O) groups is 1. The van der Waals surface area contributed by atoms with Crippen LogP contribution in [0.2, 0.25) is 0 Å². The smallest absolute Gasteiger partial charge is 0.335 e. The molecule has 0 bridgehead atoms. The first-order valence-corrected chi connectivity index (χ1v) is 8.06. The SMILES string of the molecule is O=C(O)c1ccc(S(=O)(=O)NCCc2cncs2)cc1. The van der Waals surface area contributed by atoms with Crippen LogP contribution >= 0.6 is 11.3 Å². The van der Waals surface area contributed by atoms with Gasteiger partial charge in [0.1, 0.15) is 0 Å². The quantitative estimate of drug-likeness (QED) is 0.839. The second kappa shape index (κ2) is 6.12. The Bertz CT molecular complexity index is 679. The van der Waals surface area contributed by atoms with Crippen molar-refractivity contribution < 1.29 is 18.3 Å². The second-order valence-electron chi connectivity index (χ2n) is 3.95. The number of aromatic nitrogens is 1. The molecule has 1 aromatic carbocycles. The van der Waals surface area contributed by atoms with Gasteiger partial charge in [-0.05, 0) is 30.7 Å². The lowest BCUT2D eigenvalue weighted by molar-refractivity contribution is 0.0696. The van der Waals surface area contributed by atoms with Crippen LogP contribution in [0.1, 0.15) is 15.2 Å². The van der Waals surface area contributed by atoms with Crippen molar-refractivity contribution in [2.75, 3.05) is 6.54 Å². The summed E-state index contributed by atoms with van der Waals surface area (Å²) >= 11 is 1.46. The average molecular weight is 312 g/mol. The van der Waals surface area contributed by atoms with Gasteiger partial charge < -0.3 is 5.11 Å². The van der Waals surface area contributed by atoms with Crippen LogP contribution in [0.5, 0.6) is 0 Å². The van der Waals surface area contributed by atoms with E-state index in [4.69, 9.17) is 5.11 Å². The lowest BCUT2D eigenvalue weighted by atomic mass is 10.2. The van der Waals surface area contributed by atoms with E-state index in [1.165, 1.54) is 35.6 Å². The van der Waals surface area contributed by atoms with E-state index < -0.39 is 16.0 Å². The van der Waals surface area contributed by atoms with Gasteiger partial charge in [0, 0.05) is 17.6 Å². The predicted octanol–water partition coefficient (Wildman–Crippen LogP) is 1.36. The van der Waals surface area contributed by atoms with E-state index in [-0.39, 0.29) is 17.0 Å². The molecule has 0 radical (unpaired) electrons. The van der Waals surface area contributed by atoms with Crippen molar-refractivity contribution in [3.8, 4) is 0 Å². The zero-order chi connectivity index (χ0) is 14.6. The molecule has 0 aliphatic rings. The Labute approximate surface area is 120 Å². The van der Waals surface area contributed by atoms with Crippen molar-refractivity contribution in [3.05, 3.63) is 46.4 Å². The molecule has 20 heavy (non-hydrogen) atoms. The summed E-state index contributed by atoms with van der Waals surface area (Å²) in [6.45, 7) is 0.269. The van der Waals surface area contributed by atoms with Crippen LogP contribution in [0.15, 0.2) is 40.9 Å². The fourth-order valence-electron chi connectivity index (χ4n) is 1.53. The summed E-state index contributed by atoms with van der Waals surface area (Å²) in [6, 6.07) is 5.08. The first-order chi connectivity index (χ1) is 9.49. The van der Waals surface area contributed by atoms with E-state index in [0.29, 0.717) is 6.42 Å². The molecule has 2 rings (SSSR count). The molecule has 0 unspecified atom stereocenters. The van der Waals surface area contributed by atoms with E-state index in [1.54, 1.807) is 11.7 Å². The summed E-state index contributed by atoms with van der Waals surface area (Å²) in [4.78, 5) is 15.6. The van der Waals surface area contributed by atoms with Crippen molar-refractivity contribution in [3.63, 3.8) is 0 Å². The summed E-state index contributed by atoms with van der Waals surface area (Å²) in [6.07, 6.45) is 2.26. The summed E-state index contributed by atoms with van der Waals surface area (Å²) < 4.78 is 26.4. The maximum absolute atomic E-state index is 12.0. The number of hydrogen-bond donors (Lipinski definition) is 2. The van der Waals surface area contributed by atoms with Crippen molar-refractivity contribution in [2.24, 2.45) is 0 Å². The second-order valence-corrected chi connectivity index (χ2v) is 6.68. The monoisotopic (exact) mass is 312 g/mol. The van der Waals surface area contributed by atoms with Gasteiger partial charge in [0.25, 0.3) is 0 Å². The molecule has 8 heteroatoms. The van der Waals surface area contributed by atoms with Crippen LogP contribution < -0.4 is 4.72 Å². The summed E-state index contributed by atoms with van der Waals surface area (Å²) in [5, 5.41) is 8.76. The molecular formula is C12H12N2O4S2. The molecule has 0 aliphatic carbocycles. The number of sulfonamides is 1. The Morgan fingerprint density at radius 3 is 2.55 bits per heavy atom. The van der Waals surface area contributed by atoms with Crippen LogP contribution in [0, 0.1) is 0 Å². The zero-order valence-electron chi connectivity index (χ0n) is 10.3. The van der Waals surface area contributed by atoms with Crippen LogP contribution in [0.25, 0.3) is 0 Å². The van der Waals surface area contributed by atoms with E-state index in [2.05, 4.69) is 9.71 Å². The van der Waals surface area contributed by atoms with Gasteiger partial charge in [0.05, 0.1) is 16.0 Å². The van der Waals surface area contributed by atoms with Crippen molar-refractivity contribution in [1.29, 1.82) is 0 Å². The molecule has 0 atom stereocenters. The Kier molecular flexibility index (Phi) is 4.48. The minimum atomic E-state index is -3.61. The highest BCUT2D eigenvalue weighted by Crippen LogP contribution is 2.11. The first-order valence-electron chi connectivity index (χ1n) is 5.69. The molecule has 2 N–H and O–H groups in total. The average Bonchev–Trinajstić information content (AvgIpc) is 2.92. The first kappa shape index (κ1) is 14.6. The normalized spacial score (nSPS) is 11.4. The van der Waals surface area contributed by atoms with E-state index in [1.807, 2.05) is 0 Å². The number of carboxylic acid groups (broad SMARTS) is 1. The highest BCUT2D eigenvalue weighted by atomic mass is 32.2. The maximum Gasteiger partial charge on any atom is 0.335 e. The number of thiazole rings is 1. The minimum absolute atomic E-state index is 0.0480. The molecule has 0 saturated carbocycles. The van der Waals surface area contributed by atoms with E-state index in [0.717, 1.165) is 4.88 Å². The van der Waals surface area contributed by atoms with Gasteiger partial charge in [-0.1, -0.05) is 0 Å². The van der Waals surface area contributed by atoms with Crippen molar-refractivity contribution in [2.45, 2.75) is 11.3 Å². The van der Waals surface area contributed by atoms with Gasteiger partial charge >= 0.3 is 5.97 Å². The predicted molar refractivity (Wildman–Crippen MR) is 74.4 cm³/mol. The molecule has 1 heterocycles. The molecule has 0 spiro atoms. The Morgan fingerprint density at radius 1 is 1.30 bits per heavy atom. The van der Waals surface area contributed by atoms with Gasteiger partial charge in [0.2, 0.25) is 10.0 Å². The molecule has 1 aromatic heterocycles. The zero-order valence-corrected chi connectivity index (χ0v) is 11.9. The maximum atomic E-state index is 12.0. The largest absolute Gasteiger partial charge is 0.478 e. The topological polar surface area (TPSA) is 96.4 Å². The summed E-state index contributed by atoms with van der Waals surface area (Å²) in [5.74, 6) is -1.09. The van der Waals surface area contributed by atoms with Crippen LogP contribution in [0.4, 0.5) is 0 Å². The molecule has 2 aromatic rings. The third kappa shape index (κ3) is 3.62. The van der Waals surface area contributed by atoms with Gasteiger partial charge in [-0.3, -0.25) is 4.98 Å². The lowest BCUT2D eigenvalue weighted by Crippen LogP contribution is -2.25. The van der Waals surface area contributed by atoms with E-state index in [9.17, 15) is 13.2 Å². The number of rotatable bonds is 6. The summed E-state index contributed by atoms with van der Waals surface area (Å²) in [5.41, 5.74) is 1.74. The highest BCUT2D eigenvalue weighted by molar-refractivity contribution is 7.89. The minimum Gasteiger partial charge on any atom is -0.478 e. The Morgan fingerprint density at radius 2 is 2.00 bits per heavy atom.